The molecule has 0 radical (unpaired) electrons. The van der Waals surface area contributed by atoms with Gasteiger partial charge in [-0.3, -0.25) is 4.79 Å². The third-order valence-corrected chi connectivity index (χ3v) is 3.69. The number of thiophene rings is 1. The molecule has 1 amide bonds. The van der Waals surface area contributed by atoms with Crippen LogP contribution in [0.25, 0.3) is 0 Å². The van der Waals surface area contributed by atoms with Crippen LogP contribution < -0.4 is 5.73 Å². The molecule has 0 aliphatic carbocycles. The van der Waals surface area contributed by atoms with Crippen molar-refractivity contribution in [3.63, 3.8) is 0 Å². The van der Waals surface area contributed by atoms with E-state index in [0.717, 1.165) is 4.88 Å². The first-order chi connectivity index (χ1) is 9.61. The maximum Gasteiger partial charge on any atom is 0.253 e. The number of rotatable bonds is 4. The fourth-order valence-electron chi connectivity index (χ4n) is 1.80. The van der Waals surface area contributed by atoms with Gasteiger partial charge in [0.15, 0.2) is 5.84 Å². The number of oxime groups is 1. The molecule has 6 heteroatoms. The Morgan fingerprint density at radius 2 is 2.10 bits per heavy atom. The van der Waals surface area contributed by atoms with Gasteiger partial charge in [-0.2, -0.15) is 0 Å². The highest BCUT2D eigenvalue weighted by atomic mass is 32.1. The van der Waals surface area contributed by atoms with E-state index in [1.54, 1.807) is 47.5 Å². The topological polar surface area (TPSA) is 78.9 Å². The summed E-state index contributed by atoms with van der Waals surface area (Å²) < 4.78 is 0. The first-order valence-corrected chi connectivity index (χ1v) is 6.85. The Kier molecular flexibility index (Phi) is 4.37. The van der Waals surface area contributed by atoms with Crippen LogP contribution in [-0.2, 0) is 6.54 Å². The predicted octanol–water partition coefficient (Wildman–Crippen LogP) is 2.11. The van der Waals surface area contributed by atoms with E-state index in [1.165, 1.54) is 0 Å². The molecule has 1 heterocycles. The molecule has 2 rings (SSSR count). The number of nitrogens with two attached hydrogens (primary N) is 1. The largest absolute Gasteiger partial charge is 0.409 e. The second-order valence-electron chi connectivity index (χ2n) is 4.31. The van der Waals surface area contributed by atoms with Crippen molar-refractivity contribution in [3.05, 3.63) is 57.8 Å². The molecule has 0 unspecified atom stereocenters. The van der Waals surface area contributed by atoms with Gasteiger partial charge in [0.2, 0.25) is 0 Å². The molecular weight excluding hydrogens is 274 g/mol. The predicted molar refractivity (Wildman–Crippen MR) is 79.1 cm³/mol. The molecule has 0 saturated carbocycles. The standard InChI is InChI=1S/C14H15N3O2S/c1-17(9-12-6-3-7-20-12)14(18)11-5-2-4-10(8-11)13(15)16-19/h2-8,19H,9H2,1H3,(H2,15,16). The summed E-state index contributed by atoms with van der Waals surface area (Å²) in [5, 5.41) is 13.6. The van der Waals surface area contributed by atoms with E-state index < -0.39 is 0 Å². The molecule has 0 fully saturated rings. The van der Waals surface area contributed by atoms with Crippen LogP contribution in [0.2, 0.25) is 0 Å². The summed E-state index contributed by atoms with van der Waals surface area (Å²) in [4.78, 5) is 15.1. The van der Waals surface area contributed by atoms with Crippen LogP contribution in [0, 0.1) is 0 Å². The molecular formula is C14H15N3O2S. The molecule has 0 aliphatic rings. The lowest BCUT2D eigenvalue weighted by atomic mass is 10.1. The van der Waals surface area contributed by atoms with Gasteiger partial charge in [0.1, 0.15) is 0 Å². The van der Waals surface area contributed by atoms with Crippen molar-refractivity contribution in [2.45, 2.75) is 6.54 Å². The van der Waals surface area contributed by atoms with Crippen molar-refractivity contribution in [2.75, 3.05) is 7.05 Å². The fourth-order valence-corrected chi connectivity index (χ4v) is 2.56. The molecule has 5 nitrogen and oxygen atoms in total. The molecule has 0 saturated heterocycles. The Bertz CT molecular complexity index is 623. The van der Waals surface area contributed by atoms with Crippen LogP contribution >= 0.6 is 11.3 Å². The summed E-state index contributed by atoms with van der Waals surface area (Å²) in [6.45, 7) is 0.560. The Balaban J connectivity index is 2.16. The van der Waals surface area contributed by atoms with Crippen molar-refractivity contribution in [2.24, 2.45) is 10.9 Å². The lowest BCUT2D eigenvalue weighted by molar-refractivity contribution is 0.0786. The summed E-state index contributed by atoms with van der Waals surface area (Å²) >= 11 is 1.61. The van der Waals surface area contributed by atoms with E-state index in [1.807, 2.05) is 17.5 Å². The molecule has 0 spiro atoms. The second kappa shape index (κ2) is 6.21. The van der Waals surface area contributed by atoms with Crippen molar-refractivity contribution in [3.8, 4) is 0 Å². The molecule has 1 aromatic heterocycles. The normalized spacial score (nSPS) is 11.3. The summed E-state index contributed by atoms with van der Waals surface area (Å²) in [5.74, 6) is -0.119. The highest BCUT2D eigenvalue weighted by Gasteiger charge is 2.13. The quantitative estimate of drug-likeness (QED) is 0.391. The van der Waals surface area contributed by atoms with Crippen molar-refractivity contribution >= 4 is 23.1 Å². The van der Waals surface area contributed by atoms with Crippen molar-refractivity contribution in [1.29, 1.82) is 0 Å². The van der Waals surface area contributed by atoms with E-state index >= 15 is 0 Å². The Morgan fingerprint density at radius 3 is 2.75 bits per heavy atom. The van der Waals surface area contributed by atoms with Gasteiger partial charge in [-0.15, -0.1) is 11.3 Å². The maximum atomic E-state index is 12.3. The number of nitrogens with zero attached hydrogens (tertiary/aromatic N) is 2. The zero-order valence-electron chi connectivity index (χ0n) is 11.0. The van der Waals surface area contributed by atoms with Crippen LogP contribution in [0.4, 0.5) is 0 Å². The van der Waals surface area contributed by atoms with E-state index in [2.05, 4.69) is 5.16 Å². The minimum atomic E-state index is -0.106. The molecule has 2 aromatic rings. The molecule has 0 aliphatic heterocycles. The van der Waals surface area contributed by atoms with Crippen molar-refractivity contribution in [1.82, 2.24) is 4.90 Å². The number of amides is 1. The monoisotopic (exact) mass is 289 g/mol. The van der Waals surface area contributed by atoms with E-state index in [0.29, 0.717) is 17.7 Å². The van der Waals surface area contributed by atoms with Gasteiger partial charge >= 0.3 is 0 Å². The molecule has 104 valence electrons. The summed E-state index contributed by atoms with van der Waals surface area (Å²) in [7, 11) is 1.75. The fraction of sp³-hybridized carbons (Fsp3) is 0.143. The first kappa shape index (κ1) is 14.1. The number of carbonyl (C=O) groups excluding carboxylic acids is 1. The minimum Gasteiger partial charge on any atom is -0.409 e. The molecule has 3 N–H and O–H groups in total. The third kappa shape index (κ3) is 3.16. The molecule has 1 aromatic carbocycles. The number of hydrogen-bond acceptors (Lipinski definition) is 4. The highest BCUT2D eigenvalue weighted by Crippen LogP contribution is 2.14. The zero-order valence-corrected chi connectivity index (χ0v) is 11.8. The Morgan fingerprint density at radius 1 is 1.35 bits per heavy atom. The molecule has 0 bridgehead atoms. The van der Waals surface area contributed by atoms with Gasteiger partial charge in [0.05, 0.1) is 6.54 Å². The van der Waals surface area contributed by atoms with Crippen LogP contribution in [-0.4, -0.2) is 28.9 Å². The average molecular weight is 289 g/mol. The number of carbonyl (C=O) groups is 1. The number of benzene rings is 1. The average Bonchev–Trinajstić information content (AvgIpc) is 2.98. The molecule has 20 heavy (non-hydrogen) atoms. The van der Waals surface area contributed by atoms with Crippen LogP contribution in [0.1, 0.15) is 20.8 Å². The number of amidine groups is 1. The van der Waals surface area contributed by atoms with Gasteiger partial charge < -0.3 is 15.8 Å². The smallest absolute Gasteiger partial charge is 0.253 e. The summed E-state index contributed by atoms with van der Waals surface area (Å²) in [6.07, 6.45) is 0. The van der Waals surface area contributed by atoms with Crippen LogP contribution in [0.15, 0.2) is 46.9 Å². The molecule has 0 atom stereocenters. The highest BCUT2D eigenvalue weighted by molar-refractivity contribution is 7.09. The third-order valence-electron chi connectivity index (χ3n) is 2.83. The van der Waals surface area contributed by atoms with Crippen LogP contribution in [0.3, 0.4) is 0 Å². The van der Waals surface area contributed by atoms with E-state index in [-0.39, 0.29) is 11.7 Å². The maximum absolute atomic E-state index is 12.3. The van der Waals surface area contributed by atoms with Gasteiger partial charge in [-0.1, -0.05) is 23.4 Å². The minimum absolute atomic E-state index is 0.0134. The first-order valence-electron chi connectivity index (χ1n) is 5.97. The van der Waals surface area contributed by atoms with E-state index in [9.17, 15) is 4.79 Å². The summed E-state index contributed by atoms with van der Waals surface area (Å²) in [5.41, 5.74) is 6.55. The van der Waals surface area contributed by atoms with Gasteiger partial charge in [-0.25, -0.2) is 0 Å². The van der Waals surface area contributed by atoms with Gasteiger partial charge in [0, 0.05) is 23.1 Å². The lowest BCUT2D eigenvalue weighted by Crippen LogP contribution is -2.26. The SMILES string of the molecule is CN(Cc1cccs1)C(=O)c1cccc(/C(N)=N/O)c1. The van der Waals surface area contributed by atoms with Gasteiger partial charge in [0.25, 0.3) is 5.91 Å². The van der Waals surface area contributed by atoms with Crippen molar-refractivity contribution < 1.29 is 10.0 Å². The second-order valence-corrected chi connectivity index (χ2v) is 5.34. The Hall–Kier alpha value is -2.34. The van der Waals surface area contributed by atoms with Crippen LogP contribution in [0.5, 0.6) is 0 Å². The lowest BCUT2D eigenvalue weighted by Gasteiger charge is -2.16. The number of hydrogen-bond donors (Lipinski definition) is 2. The van der Waals surface area contributed by atoms with E-state index in [4.69, 9.17) is 10.9 Å². The van der Waals surface area contributed by atoms with Gasteiger partial charge in [-0.05, 0) is 23.6 Å². The Labute approximate surface area is 120 Å². The zero-order chi connectivity index (χ0) is 14.5. The summed E-state index contributed by atoms with van der Waals surface area (Å²) in [6, 6.07) is 10.7.